The molecule has 0 saturated carbocycles. The fourth-order valence-corrected chi connectivity index (χ4v) is 7.06. The Bertz CT molecular complexity index is 753. The lowest BCUT2D eigenvalue weighted by Gasteiger charge is -2.22. The largest absolute Gasteiger partial charge is 0.464 e. The smallest absolute Gasteiger partial charge is 0.341 e. The van der Waals surface area contributed by atoms with E-state index in [1.807, 2.05) is 31.2 Å². The fraction of sp³-hybridized carbons (Fsp3) is 0.278. The first-order valence-electron chi connectivity index (χ1n) is 8.04. The highest BCUT2D eigenvalue weighted by Gasteiger charge is 2.42. The molecule has 0 N–H and O–H groups in total. The summed E-state index contributed by atoms with van der Waals surface area (Å²) in [5.41, 5.74) is 0.595. The highest BCUT2D eigenvalue weighted by Crippen LogP contribution is 2.62. The fourth-order valence-electron chi connectivity index (χ4n) is 2.20. The molecule has 2 aromatic carbocycles. The van der Waals surface area contributed by atoms with Crippen molar-refractivity contribution in [2.45, 2.75) is 19.6 Å². The molecule has 0 aromatic heterocycles. The van der Waals surface area contributed by atoms with Gasteiger partial charge in [0.05, 0.1) is 12.3 Å². The van der Waals surface area contributed by atoms with E-state index in [-0.39, 0.29) is 6.61 Å². The summed E-state index contributed by atoms with van der Waals surface area (Å²) in [7, 11) is 0. The molecule has 0 aliphatic carbocycles. The Morgan fingerprint density at radius 1 is 1.08 bits per heavy atom. The third-order valence-corrected chi connectivity index (χ3v) is 9.07. The predicted molar refractivity (Wildman–Crippen MR) is 103 cm³/mol. The molecule has 0 aliphatic rings. The molecule has 0 spiro atoms. The van der Waals surface area contributed by atoms with Crippen molar-refractivity contribution in [1.82, 2.24) is 0 Å². The third-order valence-electron chi connectivity index (χ3n) is 3.30. The van der Waals surface area contributed by atoms with Gasteiger partial charge in [0.25, 0.3) is 0 Å². The van der Waals surface area contributed by atoms with E-state index in [9.17, 15) is 9.36 Å². The van der Waals surface area contributed by atoms with E-state index >= 15 is 0 Å². The second-order valence-electron chi connectivity index (χ2n) is 5.03. The van der Waals surface area contributed by atoms with Crippen LogP contribution in [0.4, 0.5) is 5.69 Å². The molecular formula is C18H21N2O3PS. The van der Waals surface area contributed by atoms with Gasteiger partial charge in [-0.3, -0.25) is 0 Å². The molecule has 2 unspecified atom stereocenters. The van der Waals surface area contributed by atoms with Crippen LogP contribution in [-0.2, 0) is 14.1 Å². The van der Waals surface area contributed by atoms with Crippen LogP contribution in [0.1, 0.15) is 13.8 Å². The molecule has 2 rings (SSSR count). The quantitative estimate of drug-likeness (QED) is 0.369. The molecule has 2 atom stereocenters. The maximum Gasteiger partial charge on any atom is 0.341 e. The van der Waals surface area contributed by atoms with E-state index in [0.29, 0.717) is 16.7 Å². The molecule has 0 radical (unpaired) electrons. The van der Waals surface area contributed by atoms with Gasteiger partial charge in [-0.05, 0) is 24.8 Å². The highest BCUT2D eigenvalue weighted by atomic mass is 32.7. The third kappa shape index (κ3) is 5.03. The van der Waals surface area contributed by atoms with Crippen LogP contribution in [-0.4, -0.2) is 24.1 Å². The number of hydrogen-bond acceptors (Lipinski definition) is 6. The van der Waals surface area contributed by atoms with Crippen molar-refractivity contribution in [2.75, 3.05) is 12.4 Å². The van der Waals surface area contributed by atoms with Crippen LogP contribution >= 0.6 is 17.7 Å². The van der Waals surface area contributed by atoms with Crippen LogP contribution < -0.4 is 5.30 Å². The Morgan fingerprint density at radius 3 is 2.24 bits per heavy atom. The van der Waals surface area contributed by atoms with Crippen molar-refractivity contribution in [2.24, 2.45) is 10.2 Å². The Morgan fingerprint density at radius 2 is 1.68 bits per heavy atom. The summed E-state index contributed by atoms with van der Waals surface area (Å²) in [6.07, 6.45) is -3.22. The summed E-state index contributed by atoms with van der Waals surface area (Å²) in [4.78, 5) is 12.5. The number of carbonyl (C=O) groups is 1. The zero-order chi connectivity index (χ0) is 18.1. The SMILES string of the molecule is CCOC(=O)C(N=Nc1ccccc1)P(=O)(SCC)c1ccccc1. The number of benzene rings is 2. The van der Waals surface area contributed by atoms with Crippen molar-refractivity contribution in [3.05, 3.63) is 60.7 Å². The lowest BCUT2D eigenvalue weighted by Crippen LogP contribution is -2.25. The first kappa shape index (κ1) is 19.4. The normalized spacial score (nSPS) is 14.8. The highest BCUT2D eigenvalue weighted by molar-refractivity contribution is 8.60. The molecule has 5 nitrogen and oxygen atoms in total. The molecule has 0 aliphatic heterocycles. The average molecular weight is 376 g/mol. The van der Waals surface area contributed by atoms with E-state index in [0.717, 1.165) is 0 Å². The van der Waals surface area contributed by atoms with Gasteiger partial charge in [0.2, 0.25) is 12.1 Å². The minimum Gasteiger partial charge on any atom is -0.464 e. The molecular weight excluding hydrogens is 355 g/mol. The van der Waals surface area contributed by atoms with Crippen LogP contribution in [0.3, 0.4) is 0 Å². The molecule has 0 amide bonds. The van der Waals surface area contributed by atoms with E-state index < -0.39 is 18.1 Å². The minimum atomic E-state index is -3.22. The lowest BCUT2D eigenvalue weighted by molar-refractivity contribution is -0.142. The molecule has 25 heavy (non-hydrogen) atoms. The van der Waals surface area contributed by atoms with Crippen molar-refractivity contribution in [3.8, 4) is 0 Å². The lowest BCUT2D eigenvalue weighted by atomic mass is 10.3. The first-order valence-corrected chi connectivity index (χ1v) is 11.4. The topological polar surface area (TPSA) is 68.1 Å². The number of azo groups is 1. The summed E-state index contributed by atoms with van der Waals surface area (Å²) in [5.74, 6) is -1.20. The Balaban J connectivity index is 2.46. The second kappa shape index (κ2) is 9.54. The zero-order valence-corrected chi connectivity index (χ0v) is 16.0. The van der Waals surface area contributed by atoms with Gasteiger partial charge in [0.15, 0.2) is 0 Å². The molecule has 0 heterocycles. The van der Waals surface area contributed by atoms with Crippen LogP contribution in [0.5, 0.6) is 0 Å². The summed E-state index contributed by atoms with van der Waals surface area (Å²) in [5, 5.41) is 8.86. The number of ether oxygens (including phenoxy) is 1. The van der Waals surface area contributed by atoms with Gasteiger partial charge >= 0.3 is 5.97 Å². The predicted octanol–water partition coefficient (Wildman–Crippen LogP) is 5.02. The van der Waals surface area contributed by atoms with Gasteiger partial charge in [-0.15, -0.1) is 0 Å². The van der Waals surface area contributed by atoms with Gasteiger partial charge in [0.1, 0.15) is 0 Å². The molecule has 132 valence electrons. The van der Waals surface area contributed by atoms with Crippen LogP contribution in [0.25, 0.3) is 0 Å². The van der Waals surface area contributed by atoms with Crippen molar-refractivity contribution >= 4 is 34.7 Å². The molecule has 0 saturated heterocycles. The number of nitrogens with zero attached hydrogens (tertiary/aromatic N) is 2. The summed E-state index contributed by atoms with van der Waals surface area (Å²) in [6.45, 7) is 3.81. The Hall–Kier alpha value is -1.91. The minimum absolute atomic E-state index is 0.196. The summed E-state index contributed by atoms with van der Waals surface area (Å²) in [6, 6.07) is 18.0. The van der Waals surface area contributed by atoms with E-state index in [2.05, 4.69) is 10.2 Å². The molecule has 0 bridgehead atoms. The van der Waals surface area contributed by atoms with Crippen molar-refractivity contribution in [3.63, 3.8) is 0 Å². The van der Waals surface area contributed by atoms with E-state index in [1.54, 1.807) is 43.3 Å². The number of carbonyl (C=O) groups excluding carboxylic acids is 1. The van der Waals surface area contributed by atoms with Gasteiger partial charge in [-0.25, -0.2) is 4.79 Å². The summed E-state index contributed by atoms with van der Waals surface area (Å²) >= 11 is 1.23. The second-order valence-corrected chi connectivity index (χ2v) is 10.5. The van der Waals surface area contributed by atoms with Gasteiger partial charge in [0, 0.05) is 5.30 Å². The molecule has 2 aromatic rings. The van der Waals surface area contributed by atoms with Gasteiger partial charge in [-0.1, -0.05) is 66.8 Å². The molecule has 7 heteroatoms. The van der Waals surface area contributed by atoms with Crippen molar-refractivity contribution in [1.29, 1.82) is 0 Å². The number of esters is 1. The van der Waals surface area contributed by atoms with Gasteiger partial charge < -0.3 is 9.30 Å². The van der Waals surface area contributed by atoms with E-state index in [4.69, 9.17) is 4.74 Å². The van der Waals surface area contributed by atoms with E-state index in [1.165, 1.54) is 11.4 Å². The zero-order valence-electron chi connectivity index (χ0n) is 14.2. The Kier molecular flexibility index (Phi) is 7.41. The van der Waals surface area contributed by atoms with Crippen LogP contribution in [0.15, 0.2) is 70.9 Å². The monoisotopic (exact) mass is 376 g/mol. The standard InChI is InChI=1S/C18H21N2O3PS/c1-3-23-18(21)17(20-19-15-11-7-5-8-12-15)24(22,25-4-2)16-13-9-6-10-14-16/h5-14,17H,3-4H2,1-2H3. The van der Waals surface area contributed by atoms with Crippen molar-refractivity contribution < 1.29 is 14.1 Å². The van der Waals surface area contributed by atoms with Crippen LogP contribution in [0, 0.1) is 0 Å². The number of hydrogen-bond donors (Lipinski definition) is 0. The van der Waals surface area contributed by atoms with Gasteiger partial charge in [-0.2, -0.15) is 10.2 Å². The maximum atomic E-state index is 13.8. The Labute approximate surface area is 152 Å². The average Bonchev–Trinajstić information content (AvgIpc) is 2.64. The van der Waals surface area contributed by atoms with Crippen LogP contribution in [0.2, 0.25) is 0 Å². The summed E-state index contributed by atoms with van der Waals surface area (Å²) < 4.78 is 18.9. The molecule has 0 fully saturated rings. The first-order chi connectivity index (χ1) is 12.1. The number of rotatable bonds is 8. The maximum absolute atomic E-state index is 13.8.